The summed E-state index contributed by atoms with van der Waals surface area (Å²) in [5.41, 5.74) is 0.223. The highest BCUT2D eigenvalue weighted by Crippen LogP contribution is 2.33. The number of halogens is 4. The van der Waals surface area contributed by atoms with Gasteiger partial charge in [0.05, 0.1) is 15.1 Å². The van der Waals surface area contributed by atoms with E-state index in [4.69, 9.17) is 39.5 Å². The summed E-state index contributed by atoms with van der Waals surface area (Å²) in [6, 6.07) is 8.20. The Labute approximate surface area is 130 Å². The molecule has 0 aliphatic rings. The molecule has 20 heavy (non-hydrogen) atoms. The number of carbonyl (C=O) groups is 1. The van der Waals surface area contributed by atoms with Crippen molar-refractivity contribution < 1.29 is 13.9 Å². The van der Waals surface area contributed by atoms with E-state index in [1.54, 1.807) is 0 Å². The van der Waals surface area contributed by atoms with Gasteiger partial charge in [-0.05, 0) is 18.2 Å². The predicted molar refractivity (Wildman–Crippen MR) is 77.7 cm³/mol. The minimum atomic E-state index is -0.483. The van der Waals surface area contributed by atoms with Crippen molar-refractivity contribution in [1.29, 1.82) is 0 Å². The van der Waals surface area contributed by atoms with E-state index < -0.39 is 5.82 Å². The number of Topliss-reactive ketones (excluding diaryl/α,β-unsaturated/α-hetero) is 1. The molecule has 0 unspecified atom stereocenters. The third kappa shape index (κ3) is 3.63. The molecule has 6 heteroatoms. The molecule has 0 saturated heterocycles. The standard InChI is InChI=1S/C14H8Cl3FO2/c15-10-5-12(17)14(6-11(10)16)20-7-13(19)8-2-1-3-9(18)4-8/h1-6H,7H2. The lowest BCUT2D eigenvalue weighted by atomic mass is 10.1. The largest absolute Gasteiger partial charge is 0.484 e. The normalized spacial score (nSPS) is 10.4. The second kappa shape index (κ2) is 6.44. The summed E-state index contributed by atoms with van der Waals surface area (Å²) in [5.74, 6) is -0.610. The Morgan fingerprint density at radius 1 is 1.05 bits per heavy atom. The smallest absolute Gasteiger partial charge is 0.200 e. The number of ketones is 1. The molecule has 0 spiro atoms. The highest BCUT2D eigenvalue weighted by molar-refractivity contribution is 6.43. The maximum Gasteiger partial charge on any atom is 0.200 e. The highest BCUT2D eigenvalue weighted by atomic mass is 35.5. The van der Waals surface area contributed by atoms with E-state index in [0.29, 0.717) is 5.02 Å². The second-order valence-corrected chi connectivity index (χ2v) is 5.14. The van der Waals surface area contributed by atoms with Gasteiger partial charge in [0, 0.05) is 11.6 Å². The van der Waals surface area contributed by atoms with Gasteiger partial charge >= 0.3 is 0 Å². The summed E-state index contributed by atoms with van der Waals surface area (Å²) in [6.07, 6.45) is 0. The van der Waals surface area contributed by atoms with E-state index in [9.17, 15) is 9.18 Å². The molecule has 0 fully saturated rings. The minimum Gasteiger partial charge on any atom is -0.484 e. The number of rotatable bonds is 4. The Morgan fingerprint density at radius 3 is 2.45 bits per heavy atom. The first-order chi connectivity index (χ1) is 9.47. The fourth-order valence-corrected chi connectivity index (χ4v) is 2.09. The average Bonchev–Trinajstić information content (AvgIpc) is 2.41. The van der Waals surface area contributed by atoms with E-state index in [2.05, 4.69) is 0 Å². The molecular formula is C14H8Cl3FO2. The maximum absolute atomic E-state index is 13.0. The summed E-state index contributed by atoms with van der Waals surface area (Å²) in [7, 11) is 0. The van der Waals surface area contributed by atoms with Crippen molar-refractivity contribution in [3.05, 3.63) is 62.8 Å². The number of carbonyl (C=O) groups excluding carboxylic acids is 1. The fourth-order valence-electron chi connectivity index (χ4n) is 1.50. The third-order valence-corrected chi connectivity index (χ3v) is 3.50. The van der Waals surface area contributed by atoms with Gasteiger partial charge < -0.3 is 4.74 Å². The lowest BCUT2D eigenvalue weighted by Gasteiger charge is -2.08. The Balaban J connectivity index is 2.09. The van der Waals surface area contributed by atoms with Crippen LogP contribution in [0.2, 0.25) is 15.1 Å². The molecule has 0 N–H and O–H groups in total. The van der Waals surface area contributed by atoms with Crippen LogP contribution in [0.1, 0.15) is 10.4 Å². The van der Waals surface area contributed by atoms with E-state index in [-0.39, 0.29) is 33.7 Å². The molecule has 0 heterocycles. The van der Waals surface area contributed by atoms with Crippen molar-refractivity contribution in [2.45, 2.75) is 0 Å². The van der Waals surface area contributed by atoms with Gasteiger partial charge in [-0.1, -0.05) is 46.9 Å². The van der Waals surface area contributed by atoms with Crippen LogP contribution >= 0.6 is 34.8 Å². The predicted octanol–water partition coefficient (Wildman–Crippen LogP) is 5.05. The molecule has 0 amide bonds. The summed E-state index contributed by atoms with van der Waals surface area (Å²) in [5, 5.41) is 0.802. The average molecular weight is 334 g/mol. The molecule has 2 rings (SSSR count). The van der Waals surface area contributed by atoms with Crippen molar-refractivity contribution in [3.63, 3.8) is 0 Å². The van der Waals surface area contributed by atoms with Gasteiger partial charge in [0.2, 0.25) is 0 Å². The lowest BCUT2D eigenvalue weighted by molar-refractivity contribution is 0.0921. The van der Waals surface area contributed by atoms with Crippen molar-refractivity contribution in [3.8, 4) is 5.75 Å². The van der Waals surface area contributed by atoms with E-state index in [1.807, 2.05) is 0 Å². The molecule has 0 saturated carbocycles. The van der Waals surface area contributed by atoms with Gasteiger partial charge in [-0.15, -0.1) is 0 Å². The van der Waals surface area contributed by atoms with Gasteiger partial charge in [-0.2, -0.15) is 0 Å². The SMILES string of the molecule is O=C(COc1cc(Cl)c(Cl)cc1Cl)c1cccc(F)c1. The summed E-state index contributed by atoms with van der Waals surface area (Å²) in [4.78, 5) is 11.8. The molecule has 0 radical (unpaired) electrons. The number of ether oxygens (including phenoxy) is 1. The van der Waals surface area contributed by atoms with Crippen molar-refractivity contribution >= 4 is 40.6 Å². The van der Waals surface area contributed by atoms with Gasteiger partial charge in [0.25, 0.3) is 0 Å². The molecule has 0 aliphatic carbocycles. The Bertz CT molecular complexity index is 659. The summed E-state index contributed by atoms with van der Waals surface area (Å²) >= 11 is 17.5. The van der Waals surface area contributed by atoms with Gasteiger partial charge in [-0.3, -0.25) is 4.79 Å². The van der Waals surface area contributed by atoms with Crippen LogP contribution in [0.5, 0.6) is 5.75 Å². The zero-order chi connectivity index (χ0) is 14.7. The lowest BCUT2D eigenvalue weighted by Crippen LogP contribution is -2.12. The number of hydrogen-bond acceptors (Lipinski definition) is 2. The first-order valence-electron chi connectivity index (χ1n) is 5.53. The zero-order valence-corrected chi connectivity index (χ0v) is 12.3. The zero-order valence-electron chi connectivity index (χ0n) is 10.00. The van der Waals surface area contributed by atoms with Crippen molar-refractivity contribution in [2.24, 2.45) is 0 Å². The quantitative estimate of drug-likeness (QED) is 0.578. The molecule has 2 aromatic rings. The van der Waals surface area contributed by atoms with Crippen LogP contribution in [0, 0.1) is 5.82 Å². The number of benzene rings is 2. The highest BCUT2D eigenvalue weighted by Gasteiger charge is 2.11. The molecule has 104 valence electrons. The second-order valence-electron chi connectivity index (χ2n) is 3.92. The Kier molecular flexibility index (Phi) is 4.86. The Hall–Kier alpha value is -1.29. The summed E-state index contributed by atoms with van der Waals surface area (Å²) < 4.78 is 18.3. The van der Waals surface area contributed by atoms with Crippen molar-refractivity contribution in [1.82, 2.24) is 0 Å². The van der Waals surface area contributed by atoms with Crippen LogP contribution in [0.4, 0.5) is 4.39 Å². The van der Waals surface area contributed by atoms with Gasteiger partial charge in [-0.25, -0.2) is 4.39 Å². The van der Waals surface area contributed by atoms with Crippen LogP contribution in [0.25, 0.3) is 0 Å². The van der Waals surface area contributed by atoms with Crippen LogP contribution in [-0.4, -0.2) is 12.4 Å². The summed E-state index contributed by atoms with van der Waals surface area (Å²) in [6.45, 7) is -0.277. The molecule has 0 aliphatic heterocycles. The minimum absolute atomic E-state index is 0.223. The molecule has 2 aromatic carbocycles. The first-order valence-corrected chi connectivity index (χ1v) is 6.67. The Morgan fingerprint density at radius 2 is 1.75 bits per heavy atom. The molecule has 0 aromatic heterocycles. The van der Waals surface area contributed by atoms with Crippen LogP contribution < -0.4 is 4.74 Å². The topological polar surface area (TPSA) is 26.3 Å². The van der Waals surface area contributed by atoms with Crippen LogP contribution in [-0.2, 0) is 0 Å². The molecular weight excluding hydrogens is 326 g/mol. The van der Waals surface area contributed by atoms with E-state index in [0.717, 1.165) is 6.07 Å². The van der Waals surface area contributed by atoms with Crippen molar-refractivity contribution in [2.75, 3.05) is 6.61 Å². The third-order valence-electron chi connectivity index (χ3n) is 2.48. The van der Waals surface area contributed by atoms with Gasteiger partial charge in [0.15, 0.2) is 12.4 Å². The van der Waals surface area contributed by atoms with Gasteiger partial charge in [0.1, 0.15) is 11.6 Å². The van der Waals surface area contributed by atoms with E-state index in [1.165, 1.54) is 30.3 Å². The molecule has 0 atom stereocenters. The maximum atomic E-state index is 13.0. The fraction of sp³-hybridized carbons (Fsp3) is 0.0714. The molecule has 0 bridgehead atoms. The monoisotopic (exact) mass is 332 g/mol. The first kappa shape index (κ1) is 15.1. The van der Waals surface area contributed by atoms with Crippen LogP contribution in [0.15, 0.2) is 36.4 Å². The van der Waals surface area contributed by atoms with E-state index >= 15 is 0 Å². The molecule has 2 nitrogen and oxygen atoms in total. The number of hydrogen-bond donors (Lipinski definition) is 0. The van der Waals surface area contributed by atoms with Crippen LogP contribution in [0.3, 0.4) is 0 Å².